The molecule has 0 aromatic carbocycles. The van der Waals surface area contributed by atoms with Crippen LogP contribution in [-0.4, -0.2) is 23.7 Å². The maximum absolute atomic E-state index is 10.6. The van der Waals surface area contributed by atoms with Crippen molar-refractivity contribution in [3.63, 3.8) is 0 Å². The van der Waals surface area contributed by atoms with Gasteiger partial charge in [-0.25, -0.2) is 0 Å². The van der Waals surface area contributed by atoms with Gasteiger partial charge in [-0.05, 0) is 31.2 Å². The number of hydrogen-bond donors (Lipinski definition) is 2. The number of hydrogen-bond acceptors (Lipinski definition) is 2. The summed E-state index contributed by atoms with van der Waals surface area (Å²) in [4.78, 5) is 10.6. The number of carboxylic acids is 1. The van der Waals surface area contributed by atoms with Crippen LogP contribution in [0.25, 0.3) is 0 Å². The van der Waals surface area contributed by atoms with E-state index in [1.54, 1.807) is 0 Å². The molecule has 76 valence electrons. The van der Waals surface area contributed by atoms with Gasteiger partial charge in [0.15, 0.2) is 0 Å². The summed E-state index contributed by atoms with van der Waals surface area (Å²) in [5.74, 6) is 0.190. The van der Waals surface area contributed by atoms with Gasteiger partial charge < -0.3 is 10.4 Å². The van der Waals surface area contributed by atoms with Gasteiger partial charge in [0.25, 0.3) is 0 Å². The standard InChI is InChI=1S/C10H19NO2/c1-7(2)10-8(6-9(12)13)4-3-5-11-10/h7-8,10-11H,3-6H2,1-2H3,(H,12,13)/t8-,10-/m1/s1. The van der Waals surface area contributed by atoms with Crippen molar-refractivity contribution in [1.29, 1.82) is 0 Å². The van der Waals surface area contributed by atoms with E-state index < -0.39 is 5.97 Å². The van der Waals surface area contributed by atoms with Gasteiger partial charge in [-0.15, -0.1) is 0 Å². The zero-order valence-corrected chi connectivity index (χ0v) is 8.42. The van der Waals surface area contributed by atoms with E-state index in [1.807, 2.05) is 0 Å². The Hall–Kier alpha value is -0.570. The molecule has 3 nitrogen and oxygen atoms in total. The van der Waals surface area contributed by atoms with Gasteiger partial charge in [-0.1, -0.05) is 13.8 Å². The van der Waals surface area contributed by atoms with Crippen molar-refractivity contribution in [3.05, 3.63) is 0 Å². The van der Waals surface area contributed by atoms with Crippen molar-refractivity contribution in [2.24, 2.45) is 11.8 Å². The summed E-state index contributed by atoms with van der Waals surface area (Å²) in [6, 6.07) is 0.393. The molecule has 1 saturated heterocycles. The quantitative estimate of drug-likeness (QED) is 0.700. The molecular weight excluding hydrogens is 166 g/mol. The number of piperidine rings is 1. The lowest BCUT2D eigenvalue weighted by atomic mass is 9.82. The minimum atomic E-state index is -0.667. The highest BCUT2D eigenvalue weighted by Crippen LogP contribution is 2.24. The molecule has 0 aliphatic carbocycles. The van der Waals surface area contributed by atoms with Gasteiger partial charge in [-0.2, -0.15) is 0 Å². The molecule has 0 spiro atoms. The number of carboxylic acid groups (broad SMARTS) is 1. The molecule has 2 N–H and O–H groups in total. The minimum absolute atomic E-state index is 0.315. The lowest BCUT2D eigenvalue weighted by molar-refractivity contribution is -0.138. The molecular formula is C10H19NO2. The average Bonchev–Trinajstić information content (AvgIpc) is 2.03. The lowest BCUT2D eigenvalue weighted by Gasteiger charge is -2.34. The first kappa shape index (κ1) is 10.5. The van der Waals surface area contributed by atoms with Gasteiger partial charge in [-0.3, -0.25) is 4.79 Å². The second-order valence-corrected chi connectivity index (χ2v) is 4.22. The van der Waals surface area contributed by atoms with Crippen molar-refractivity contribution >= 4 is 5.97 Å². The van der Waals surface area contributed by atoms with E-state index in [4.69, 9.17) is 5.11 Å². The fraction of sp³-hybridized carbons (Fsp3) is 0.900. The van der Waals surface area contributed by atoms with E-state index in [9.17, 15) is 4.79 Å². The Labute approximate surface area is 79.5 Å². The van der Waals surface area contributed by atoms with E-state index in [-0.39, 0.29) is 0 Å². The number of carbonyl (C=O) groups is 1. The van der Waals surface area contributed by atoms with Gasteiger partial charge in [0, 0.05) is 12.5 Å². The summed E-state index contributed by atoms with van der Waals surface area (Å²) >= 11 is 0. The molecule has 2 atom stereocenters. The van der Waals surface area contributed by atoms with E-state index in [0.29, 0.717) is 24.3 Å². The Balaban J connectivity index is 2.51. The summed E-state index contributed by atoms with van der Waals surface area (Å²) in [7, 11) is 0. The summed E-state index contributed by atoms with van der Waals surface area (Å²) in [6.07, 6.45) is 2.49. The third-order valence-corrected chi connectivity index (χ3v) is 2.79. The molecule has 0 bridgehead atoms. The second kappa shape index (κ2) is 4.61. The van der Waals surface area contributed by atoms with Crippen LogP contribution in [-0.2, 0) is 4.79 Å². The third-order valence-electron chi connectivity index (χ3n) is 2.79. The van der Waals surface area contributed by atoms with Gasteiger partial charge >= 0.3 is 5.97 Å². The summed E-state index contributed by atoms with van der Waals surface area (Å²) < 4.78 is 0. The van der Waals surface area contributed by atoms with Crippen molar-refractivity contribution in [1.82, 2.24) is 5.32 Å². The molecule has 1 heterocycles. The maximum Gasteiger partial charge on any atom is 0.303 e. The van der Waals surface area contributed by atoms with Crippen molar-refractivity contribution < 1.29 is 9.90 Å². The smallest absolute Gasteiger partial charge is 0.303 e. The van der Waals surface area contributed by atoms with E-state index in [0.717, 1.165) is 19.4 Å². The van der Waals surface area contributed by atoms with E-state index >= 15 is 0 Å². The van der Waals surface area contributed by atoms with Crippen molar-refractivity contribution in [2.45, 2.75) is 39.2 Å². The number of rotatable bonds is 3. The Morgan fingerprint density at radius 3 is 2.85 bits per heavy atom. The van der Waals surface area contributed by atoms with Crippen LogP contribution in [0, 0.1) is 11.8 Å². The monoisotopic (exact) mass is 185 g/mol. The fourth-order valence-electron chi connectivity index (χ4n) is 2.21. The Bertz CT molecular complexity index is 180. The largest absolute Gasteiger partial charge is 0.481 e. The van der Waals surface area contributed by atoms with E-state index in [2.05, 4.69) is 19.2 Å². The average molecular weight is 185 g/mol. The fourth-order valence-corrected chi connectivity index (χ4v) is 2.21. The second-order valence-electron chi connectivity index (χ2n) is 4.22. The Morgan fingerprint density at radius 1 is 1.62 bits per heavy atom. The highest BCUT2D eigenvalue weighted by Gasteiger charge is 2.28. The third kappa shape index (κ3) is 2.99. The van der Waals surface area contributed by atoms with E-state index in [1.165, 1.54) is 0 Å². The van der Waals surface area contributed by atoms with Crippen LogP contribution in [0.1, 0.15) is 33.1 Å². The Morgan fingerprint density at radius 2 is 2.31 bits per heavy atom. The summed E-state index contributed by atoms with van der Waals surface area (Å²) in [5.41, 5.74) is 0. The number of nitrogens with one attached hydrogen (secondary N) is 1. The molecule has 0 aromatic heterocycles. The zero-order valence-electron chi connectivity index (χ0n) is 8.42. The first-order valence-corrected chi connectivity index (χ1v) is 5.06. The molecule has 1 fully saturated rings. The van der Waals surface area contributed by atoms with Gasteiger partial charge in [0.05, 0.1) is 0 Å². The molecule has 0 amide bonds. The highest BCUT2D eigenvalue weighted by atomic mass is 16.4. The van der Waals surface area contributed by atoms with Crippen LogP contribution < -0.4 is 5.32 Å². The van der Waals surface area contributed by atoms with Gasteiger partial charge in [0.2, 0.25) is 0 Å². The topological polar surface area (TPSA) is 49.3 Å². The molecule has 0 aromatic rings. The molecule has 1 aliphatic rings. The molecule has 0 radical (unpaired) electrons. The van der Waals surface area contributed by atoms with Crippen LogP contribution in [0.15, 0.2) is 0 Å². The van der Waals surface area contributed by atoms with Crippen molar-refractivity contribution in [3.8, 4) is 0 Å². The maximum atomic E-state index is 10.6. The SMILES string of the molecule is CC(C)[C@H]1NCCC[C@@H]1CC(=O)O. The normalized spacial score (nSPS) is 29.2. The molecule has 13 heavy (non-hydrogen) atoms. The Kier molecular flexibility index (Phi) is 3.72. The lowest BCUT2D eigenvalue weighted by Crippen LogP contribution is -2.45. The summed E-state index contributed by atoms with van der Waals surface area (Å²) in [5, 5.41) is 12.1. The molecule has 1 rings (SSSR count). The van der Waals surface area contributed by atoms with Crippen LogP contribution in [0.3, 0.4) is 0 Å². The number of aliphatic carboxylic acids is 1. The van der Waals surface area contributed by atoms with Crippen molar-refractivity contribution in [2.75, 3.05) is 6.54 Å². The minimum Gasteiger partial charge on any atom is -0.481 e. The van der Waals surface area contributed by atoms with Crippen LogP contribution >= 0.6 is 0 Å². The highest BCUT2D eigenvalue weighted by molar-refractivity contribution is 5.67. The zero-order chi connectivity index (χ0) is 9.84. The summed E-state index contributed by atoms with van der Waals surface area (Å²) in [6.45, 7) is 5.34. The molecule has 0 saturated carbocycles. The molecule has 0 unspecified atom stereocenters. The molecule has 1 aliphatic heterocycles. The predicted molar refractivity (Wildman–Crippen MR) is 51.6 cm³/mol. The van der Waals surface area contributed by atoms with Crippen LogP contribution in [0.2, 0.25) is 0 Å². The predicted octanol–water partition coefficient (Wildman–Crippen LogP) is 1.49. The first-order valence-electron chi connectivity index (χ1n) is 5.06. The first-order chi connectivity index (χ1) is 6.11. The van der Waals surface area contributed by atoms with Crippen LogP contribution in [0.5, 0.6) is 0 Å². The van der Waals surface area contributed by atoms with Gasteiger partial charge in [0.1, 0.15) is 0 Å². The molecule has 3 heteroatoms. The van der Waals surface area contributed by atoms with Crippen LogP contribution in [0.4, 0.5) is 0 Å².